The van der Waals surface area contributed by atoms with E-state index in [1.807, 2.05) is 0 Å². The van der Waals surface area contributed by atoms with Crippen LogP contribution >= 0.6 is 0 Å². The Morgan fingerprint density at radius 1 is 1.17 bits per heavy atom. The van der Waals surface area contributed by atoms with E-state index in [2.05, 4.69) is 0 Å². The molecule has 1 fully saturated rings. The average molecular weight is 340 g/mol. The van der Waals surface area contributed by atoms with Gasteiger partial charge in [-0.25, -0.2) is 8.42 Å². The summed E-state index contributed by atoms with van der Waals surface area (Å²) in [4.78, 5) is 14.4. The van der Waals surface area contributed by atoms with Gasteiger partial charge in [-0.15, -0.1) is 0 Å². The molecule has 1 atom stereocenters. The minimum absolute atomic E-state index is 0.147. The van der Waals surface area contributed by atoms with Crippen molar-refractivity contribution in [2.45, 2.75) is 32.2 Å². The number of hydrogen-bond acceptors (Lipinski definition) is 4. The van der Waals surface area contributed by atoms with Crippen LogP contribution in [-0.2, 0) is 14.8 Å². The predicted octanol–water partition coefficient (Wildman–Crippen LogP) is 1.86. The minimum Gasteiger partial charge on any atom is -0.497 e. The van der Waals surface area contributed by atoms with Crippen LogP contribution in [0, 0.1) is 0 Å². The fraction of sp³-hybridized carbons (Fsp3) is 0.562. The van der Waals surface area contributed by atoms with Gasteiger partial charge in [-0.3, -0.25) is 9.10 Å². The molecule has 0 bridgehead atoms. The summed E-state index contributed by atoms with van der Waals surface area (Å²) in [6.07, 6.45) is 4.18. The van der Waals surface area contributed by atoms with Gasteiger partial charge >= 0.3 is 0 Å². The highest BCUT2D eigenvalue weighted by molar-refractivity contribution is 7.92. The first-order valence-electron chi connectivity index (χ1n) is 7.77. The molecule has 0 aliphatic carbocycles. The number of likely N-dealkylation sites (tertiary alicyclic amines) is 1. The maximum absolute atomic E-state index is 12.7. The number of carbonyl (C=O) groups is 1. The summed E-state index contributed by atoms with van der Waals surface area (Å²) in [5, 5.41) is 0. The van der Waals surface area contributed by atoms with Crippen LogP contribution in [0.15, 0.2) is 24.3 Å². The van der Waals surface area contributed by atoms with Gasteiger partial charge < -0.3 is 9.64 Å². The van der Waals surface area contributed by atoms with E-state index in [1.54, 1.807) is 43.2 Å². The van der Waals surface area contributed by atoms with Crippen molar-refractivity contribution in [3.05, 3.63) is 24.3 Å². The summed E-state index contributed by atoms with van der Waals surface area (Å²) >= 11 is 0. The number of anilines is 1. The molecule has 1 amide bonds. The summed E-state index contributed by atoms with van der Waals surface area (Å²) < 4.78 is 30.8. The quantitative estimate of drug-likeness (QED) is 0.820. The van der Waals surface area contributed by atoms with Crippen LogP contribution in [0.4, 0.5) is 5.69 Å². The molecule has 1 aliphatic heterocycles. The Balaban J connectivity index is 2.28. The lowest BCUT2D eigenvalue weighted by Gasteiger charge is -2.34. The molecule has 0 radical (unpaired) electrons. The van der Waals surface area contributed by atoms with Crippen molar-refractivity contribution in [1.29, 1.82) is 0 Å². The third-order valence-corrected chi connectivity index (χ3v) is 5.30. The van der Waals surface area contributed by atoms with E-state index in [-0.39, 0.29) is 5.91 Å². The van der Waals surface area contributed by atoms with E-state index in [1.165, 1.54) is 4.31 Å². The van der Waals surface area contributed by atoms with E-state index >= 15 is 0 Å². The van der Waals surface area contributed by atoms with Gasteiger partial charge in [-0.2, -0.15) is 0 Å². The molecule has 7 heteroatoms. The molecule has 0 spiro atoms. The van der Waals surface area contributed by atoms with E-state index in [9.17, 15) is 13.2 Å². The number of amides is 1. The molecule has 0 N–H and O–H groups in total. The van der Waals surface area contributed by atoms with E-state index in [4.69, 9.17) is 4.74 Å². The zero-order valence-corrected chi connectivity index (χ0v) is 14.7. The Morgan fingerprint density at radius 2 is 1.74 bits per heavy atom. The molecule has 2 rings (SSSR count). The zero-order valence-electron chi connectivity index (χ0n) is 13.9. The number of carbonyl (C=O) groups excluding carboxylic acids is 1. The number of benzene rings is 1. The largest absolute Gasteiger partial charge is 0.497 e. The third-order valence-electron chi connectivity index (χ3n) is 4.06. The molecule has 23 heavy (non-hydrogen) atoms. The summed E-state index contributed by atoms with van der Waals surface area (Å²) in [5.74, 6) is 0.489. The highest BCUT2D eigenvalue weighted by atomic mass is 32.2. The molecular formula is C16H24N2O4S. The van der Waals surface area contributed by atoms with Gasteiger partial charge in [0.1, 0.15) is 11.8 Å². The number of hydrogen-bond donors (Lipinski definition) is 0. The molecule has 1 aromatic rings. The van der Waals surface area contributed by atoms with Crippen LogP contribution in [-0.4, -0.2) is 51.7 Å². The van der Waals surface area contributed by atoms with Crippen LogP contribution in [0.1, 0.15) is 26.2 Å². The third kappa shape index (κ3) is 4.16. The smallest absolute Gasteiger partial charge is 0.246 e. The standard InChI is InChI=1S/C16H24N2O4S/c1-13(16(19)17-11-5-4-6-12-17)18(23(3,20)21)14-7-9-15(22-2)10-8-14/h7-10,13H,4-6,11-12H2,1-3H3/t13-/m0/s1. The molecule has 0 aromatic heterocycles. The van der Waals surface area contributed by atoms with Crippen molar-refractivity contribution < 1.29 is 17.9 Å². The number of methoxy groups -OCH3 is 1. The minimum atomic E-state index is -3.58. The molecule has 0 saturated carbocycles. The summed E-state index contributed by atoms with van der Waals surface area (Å²) in [7, 11) is -2.03. The van der Waals surface area contributed by atoms with Crippen molar-refractivity contribution in [1.82, 2.24) is 4.90 Å². The highest BCUT2D eigenvalue weighted by Gasteiger charge is 2.32. The van der Waals surface area contributed by atoms with Crippen molar-refractivity contribution in [2.75, 3.05) is 30.8 Å². The topological polar surface area (TPSA) is 66.9 Å². The first kappa shape index (κ1) is 17.6. The Bertz CT molecular complexity index is 637. The summed E-state index contributed by atoms with van der Waals surface area (Å²) in [6, 6.07) is 5.91. The van der Waals surface area contributed by atoms with Crippen molar-refractivity contribution in [3.63, 3.8) is 0 Å². The maximum Gasteiger partial charge on any atom is 0.246 e. The van der Waals surface area contributed by atoms with Crippen molar-refractivity contribution in [3.8, 4) is 5.75 Å². The van der Waals surface area contributed by atoms with E-state index < -0.39 is 16.1 Å². The van der Waals surface area contributed by atoms with Crippen LogP contribution in [0.5, 0.6) is 5.75 Å². The molecule has 1 aromatic carbocycles. The predicted molar refractivity (Wildman–Crippen MR) is 90.2 cm³/mol. The van der Waals surface area contributed by atoms with Crippen molar-refractivity contribution in [2.24, 2.45) is 0 Å². The number of sulfonamides is 1. The maximum atomic E-state index is 12.7. The molecule has 0 unspecified atom stereocenters. The molecule has 6 nitrogen and oxygen atoms in total. The second kappa shape index (κ2) is 7.21. The first-order chi connectivity index (χ1) is 10.8. The fourth-order valence-electron chi connectivity index (χ4n) is 2.91. The lowest BCUT2D eigenvalue weighted by Crippen LogP contribution is -2.50. The van der Waals surface area contributed by atoms with Gasteiger partial charge in [-0.05, 0) is 50.5 Å². The van der Waals surface area contributed by atoms with Crippen LogP contribution in [0.25, 0.3) is 0 Å². The molecule has 1 saturated heterocycles. The number of piperidine rings is 1. The second-order valence-electron chi connectivity index (χ2n) is 5.82. The van der Waals surface area contributed by atoms with Gasteiger partial charge in [0.2, 0.25) is 15.9 Å². The van der Waals surface area contributed by atoms with E-state index in [0.29, 0.717) is 24.5 Å². The molecular weight excluding hydrogens is 316 g/mol. The highest BCUT2D eigenvalue weighted by Crippen LogP contribution is 2.25. The Labute approximate surface area is 138 Å². The SMILES string of the molecule is COc1ccc(N([C@@H](C)C(=O)N2CCCCC2)S(C)(=O)=O)cc1. The average Bonchev–Trinajstić information content (AvgIpc) is 2.54. The molecule has 1 aliphatic rings. The van der Waals surface area contributed by atoms with E-state index in [0.717, 1.165) is 25.5 Å². The van der Waals surface area contributed by atoms with Crippen LogP contribution in [0.2, 0.25) is 0 Å². The van der Waals surface area contributed by atoms with Crippen molar-refractivity contribution >= 4 is 21.6 Å². The fourth-order valence-corrected chi connectivity index (χ4v) is 4.08. The summed E-state index contributed by atoms with van der Waals surface area (Å²) in [6.45, 7) is 3.04. The second-order valence-corrected chi connectivity index (χ2v) is 7.68. The van der Waals surface area contributed by atoms with Gasteiger partial charge in [0, 0.05) is 13.1 Å². The van der Waals surface area contributed by atoms with Gasteiger partial charge in [0.05, 0.1) is 19.1 Å². The van der Waals surface area contributed by atoms with Gasteiger partial charge in [-0.1, -0.05) is 0 Å². The number of ether oxygens (including phenoxy) is 1. The molecule has 128 valence electrons. The normalized spacial score (nSPS) is 16.7. The number of rotatable bonds is 5. The Hall–Kier alpha value is -1.76. The van der Waals surface area contributed by atoms with Crippen LogP contribution in [0.3, 0.4) is 0 Å². The number of nitrogens with zero attached hydrogens (tertiary/aromatic N) is 2. The van der Waals surface area contributed by atoms with Gasteiger partial charge in [0.25, 0.3) is 0 Å². The lowest BCUT2D eigenvalue weighted by molar-refractivity contribution is -0.132. The lowest BCUT2D eigenvalue weighted by atomic mass is 10.1. The zero-order chi connectivity index (χ0) is 17.0. The Kier molecular flexibility index (Phi) is 5.51. The van der Waals surface area contributed by atoms with Gasteiger partial charge in [0.15, 0.2) is 0 Å². The molecule has 1 heterocycles. The Morgan fingerprint density at radius 3 is 2.22 bits per heavy atom. The summed E-state index contributed by atoms with van der Waals surface area (Å²) in [5.41, 5.74) is 0.464. The first-order valence-corrected chi connectivity index (χ1v) is 9.61. The monoisotopic (exact) mass is 340 g/mol. The van der Waals surface area contributed by atoms with Crippen LogP contribution < -0.4 is 9.04 Å².